The van der Waals surface area contributed by atoms with Crippen LogP contribution < -0.4 is 33.3 Å². The predicted molar refractivity (Wildman–Crippen MR) is 130 cm³/mol. The van der Waals surface area contributed by atoms with Crippen molar-refractivity contribution in [3.63, 3.8) is 0 Å². The minimum absolute atomic E-state index is 0.245. The molecule has 11 N–H and O–H groups in total. The Morgan fingerprint density at radius 1 is 1.00 bits per heavy atom. The molecule has 2 aromatic carbocycles. The SMILES string of the molecule is C[C@@H](O)[C@H](NC(=O)c1ccc(C#Cc2ccc(NC(=O)C(N)(N)CCCN)cc2)cc1)C(=O)NO. The summed E-state index contributed by atoms with van der Waals surface area (Å²) in [4.78, 5) is 36.1. The first-order valence-electron chi connectivity index (χ1n) is 10.8. The molecule has 0 aliphatic carbocycles. The van der Waals surface area contributed by atoms with E-state index < -0.39 is 35.5 Å². The summed E-state index contributed by atoms with van der Waals surface area (Å²) in [5.41, 5.74) is 19.1. The molecular weight excluding hydrogens is 452 g/mol. The maximum Gasteiger partial charge on any atom is 0.268 e. The van der Waals surface area contributed by atoms with Crippen molar-refractivity contribution in [3.05, 3.63) is 65.2 Å². The molecule has 0 aliphatic heterocycles. The molecule has 0 spiro atoms. The predicted octanol–water partition coefficient (Wildman–Crippen LogP) is -0.638. The second-order valence-electron chi connectivity index (χ2n) is 7.96. The molecule has 0 heterocycles. The fraction of sp³-hybridized carbons (Fsp3) is 0.292. The largest absolute Gasteiger partial charge is 0.391 e. The molecule has 0 radical (unpaired) electrons. The number of rotatable bonds is 9. The smallest absolute Gasteiger partial charge is 0.268 e. The van der Waals surface area contributed by atoms with Crippen LogP contribution >= 0.6 is 0 Å². The second kappa shape index (κ2) is 12.6. The van der Waals surface area contributed by atoms with E-state index in [1.807, 2.05) is 0 Å². The van der Waals surface area contributed by atoms with Gasteiger partial charge in [-0.1, -0.05) is 11.8 Å². The van der Waals surface area contributed by atoms with Gasteiger partial charge in [0.25, 0.3) is 17.7 Å². The molecule has 11 heteroatoms. The van der Waals surface area contributed by atoms with Crippen LogP contribution in [0, 0.1) is 11.8 Å². The van der Waals surface area contributed by atoms with E-state index in [2.05, 4.69) is 22.5 Å². The Labute approximate surface area is 203 Å². The van der Waals surface area contributed by atoms with Gasteiger partial charge in [-0.05, 0) is 74.8 Å². The van der Waals surface area contributed by atoms with Gasteiger partial charge < -0.3 is 32.9 Å². The third-order valence-electron chi connectivity index (χ3n) is 5.02. The number of hydroxylamine groups is 1. The first-order valence-corrected chi connectivity index (χ1v) is 10.8. The number of hydrogen-bond acceptors (Lipinski definition) is 8. The van der Waals surface area contributed by atoms with Crippen molar-refractivity contribution in [2.24, 2.45) is 17.2 Å². The van der Waals surface area contributed by atoms with E-state index in [9.17, 15) is 19.5 Å². The Hall–Kier alpha value is -3.79. The topological polar surface area (TPSA) is 206 Å². The van der Waals surface area contributed by atoms with Gasteiger partial charge in [0.2, 0.25) is 0 Å². The van der Waals surface area contributed by atoms with Crippen LogP contribution in [0.5, 0.6) is 0 Å². The fourth-order valence-electron chi connectivity index (χ4n) is 2.94. The van der Waals surface area contributed by atoms with Gasteiger partial charge >= 0.3 is 0 Å². The van der Waals surface area contributed by atoms with Gasteiger partial charge in [-0.15, -0.1) is 0 Å². The number of amides is 3. The zero-order valence-corrected chi connectivity index (χ0v) is 19.2. The fourth-order valence-corrected chi connectivity index (χ4v) is 2.94. The Morgan fingerprint density at radius 2 is 1.54 bits per heavy atom. The number of nitrogens with two attached hydrogens (primary N) is 3. The normalized spacial score (nSPS) is 12.5. The summed E-state index contributed by atoms with van der Waals surface area (Å²) in [5, 5.41) is 23.4. The third-order valence-corrected chi connectivity index (χ3v) is 5.02. The monoisotopic (exact) mass is 482 g/mol. The quantitative estimate of drug-likeness (QED) is 0.0996. The molecule has 0 fully saturated rings. The van der Waals surface area contributed by atoms with Gasteiger partial charge in [0.05, 0.1) is 6.10 Å². The highest BCUT2D eigenvalue weighted by atomic mass is 16.5. The summed E-state index contributed by atoms with van der Waals surface area (Å²) in [6.45, 7) is 1.70. The average molecular weight is 483 g/mol. The molecule has 11 nitrogen and oxygen atoms in total. The molecule has 0 aromatic heterocycles. The van der Waals surface area contributed by atoms with Crippen LogP contribution in [0.25, 0.3) is 0 Å². The van der Waals surface area contributed by atoms with E-state index in [4.69, 9.17) is 22.4 Å². The summed E-state index contributed by atoms with van der Waals surface area (Å²) in [7, 11) is 0. The summed E-state index contributed by atoms with van der Waals surface area (Å²) in [6.07, 6.45) is -0.414. The highest BCUT2D eigenvalue weighted by Crippen LogP contribution is 2.12. The Balaban J connectivity index is 2.00. The van der Waals surface area contributed by atoms with E-state index in [-0.39, 0.29) is 12.0 Å². The highest BCUT2D eigenvalue weighted by Gasteiger charge is 2.28. The summed E-state index contributed by atoms with van der Waals surface area (Å²) < 4.78 is 0. The Morgan fingerprint density at radius 3 is 2.03 bits per heavy atom. The van der Waals surface area contributed by atoms with E-state index >= 15 is 0 Å². The maximum atomic E-state index is 12.3. The van der Waals surface area contributed by atoms with Crippen LogP contribution in [0.1, 0.15) is 41.3 Å². The zero-order chi connectivity index (χ0) is 26.0. The number of carbonyl (C=O) groups excluding carboxylic acids is 3. The van der Waals surface area contributed by atoms with Crippen LogP contribution in [-0.2, 0) is 9.59 Å². The van der Waals surface area contributed by atoms with Crippen molar-refractivity contribution in [3.8, 4) is 11.8 Å². The first-order chi connectivity index (χ1) is 16.6. The van der Waals surface area contributed by atoms with Crippen LogP contribution in [0.2, 0.25) is 0 Å². The minimum atomic E-state index is -1.51. The molecule has 0 saturated carbocycles. The standard InChI is InChI=1S/C24H30N6O5/c1-15(31)20(22(33)30-35)29-21(32)18-9-5-16(6-10-18)3-4-17-7-11-19(12-8-17)28-23(34)24(26,27)13-2-14-25/h5-12,15,20,31,35H,2,13-14,25-27H2,1H3,(H,28,34)(H,29,32)(H,30,33)/t15-,20+/m1/s1. The first kappa shape index (κ1) is 27.5. The third kappa shape index (κ3) is 8.18. The summed E-state index contributed by atoms with van der Waals surface area (Å²) >= 11 is 0. The van der Waals surface area contributed by atoms with Crippen LogP contribution in [0.4, 0.5) is 5.69 Å². The lowest BCUT2D eigenvalue weighted by Crippen LogP contribution is -2.59. The van der Waals surface area contributed by atoms with Crippen molar-refractivity contribution < 1.29 is 24.7 Å². The number of nitrogens with one attached hydrogen (secondary N) is 3. The number of benzene rings is 2. The molecule has 2 atom stereocenters. The lowest BCUT2D eigenvalue weighted by atomic mass is 10.0. The van der Waals surface area contributed by atoms with E-state index in [0.29, 0.717) is 29.8 Å². The number of aliphatic hydroxyl groups excluding tert-OH is 1. The van der Waals surface area contributed by atoms with Crippen molar-refractivity contribution >= 4 is 23.4 Å². The second-order valence-corrected chi connectivity index (χ2v) is 7.96. The van der Waals surface area contributed by atoms with Crippen molar-refractivity contribution in [2.75, 3.05) is 11.9 Å². The van der Waals surface area contributed by atoms with Crippen LogP contribution in [-0.4, -0.2) is 52.4 Å². The van der Waals surface area contributed by atoms with Gasteiger partial charge in [-0.25, -0.2) is 5.48 Å². The lowest BCUT2D eigenvalue weighted by Gasteiger charge is -2.23. The summed E-state index contributed by atoms with van der Waals surface area (Å²) in [6, 6.07) is 11.8. The summed E-state index contributed by atoms with van der Waals surface area (Å²) in [5.74, 6) is 3.90. The lowest BCUT2D eigenvalue weighted by molar-refractivity contribution is -0.133. The van der Waals surface area contributed by atoms with Crippen molar-refractivity contribution in [2.45, 2.75) is 37.6 Å². The van der Waals surface area contributed by atoms with Crippen LogP contribution in [0.15, 0.2) is 48.5 Å². The molecule has 35 heavy (non-hydrogen) atoms. The number of hydrogen-bond donors (Lipinski definition) is 8. The van der Waals surface area contributed by atoms with Crippen LogP contribution in [0.3, 0.4) is 0 Å². The minimum Gasteiger partial charge on any atom is -0.391 e. The molecule has 3 amide bonds. The van der Waals surface area contributed by atoms with E-state index in [1.54, 1.807) is 36.4 Å². The van der Waals surface area contributed by atoms with Gasteiger partial charge in [0.15, 0.2) is 0 Å². The average Bonchev–Trinajstić information content (AvgIpc) is 2.85. The molecule has 0 unspecified atom stereocenters. The number of anilines is 1. The van der Waals surface area contributed by atoms with Gasteiger partial charge in [0, 0.05) is 22.4 Å². The maximum absolute atomic E-state index is 12.3. The van der Waals surface area contributed by atoms with Crippen molar-refractivity contribution in [1.82, 2.24) is 10.8 Å². The Bertz CT molecular complexity index is 1090. The zero-order valence-electron chi connectivity index (χ0n) is 19.2. The van der Waals surface area contributed by atoms with E-state index in [1.165, 1.54) is 24.5 Å². The highest BCUT2D eigenvalue weighted by molar-refractivity contribution is 5.98. The number of carbonyl (C=O) groups is 3. The van der Waals surface area contributed by atoms with Crippen molar-refractivity contribution in [1.29, 1.82) is 0 Å². The van der Waals surface area contributed by atoms with E-state index in [0.717, 1.165) is 0 Å². The molecule has 0 aliphatic rings. The van der Waals surface area contributed by atoms with Gasteiger partial charge in [-0.2, -0.15) is 0 Å². The molecule has 2 rings (SSSR count). The molecule has 0 bridgehead atoms. The molecular formula is C24H30N6O5. The molecule has 186 valence electrons. The molecule has 0 saturated heterocycles. The Kier molecular flexibility index (Phi) is 9.89. The van der Waals surface area contributed by atoms with Gasteiger partial charge in [-0.3, -0.25) is 19.6 Å². The van der Waals surface area contributed by atoms with Gasteiger partial charge in [0.1, 0.15) is 11.7 Å². The number of aliphatic hydroxyl groups is 1. The molecule has 2 aromatic rings.